The lowest BCUT2D eigenvalue weighted by Gasteiger charge is -2.64. The van der Waals surface area contributed by atoms with Gasteiger partial charge >= 0.3 is 11.9 Å². The molecule has 4 aliphatic rings. The van der Waals surface area contributed by atoms with Crippen molar-refractivity contribution in [3.05, 3.63) is 35.4 Å². The first-order chi connectivity index (χ1) is 14.9. The molecular formula is C24H28N2O5. The molecule has 0 N–H and O–H groups in total. The van der Waals surface area contributed by atoms with Crippen LogP contribution in [0, 0.1) is 11.3 Å². The molecule has 5 rings (SSSR count). The fraction of sp³-hybridized carbons (Fsp3) is 0.542. The summed E-state index contributed by atoms with van der Waals surface area (Å²) in [5.74, 6) is -0.114. The average molecular weight is 424 g/mol. The Morgan fingerprint density at radius 2 is 2.13 bits per heavy atom. The predicted octanol–water partition coefficient (Wildman–Crippen LogP) is 2.80. The Hall–Kier alpha value is -2.67. The molecule has 0 amide bonds. The van der Waals surface area contributed by atoms with E-state index in [-0.39, 0.29) is 24.5 Å². The van der Waals surface area contributed by atoms with E-state index in [1.165, 1.54) is 19.6 Å². The van der Waals surface area contributed by atoms with Crippen molar-refractivity contribution in [1.29, 1.82) is 0 Å². The van der Waals surface area contributed by atoms with Gasteiger partial charge in [0.2, 0.25) is 0 Å². The molecule has 164 valence electrons. The molecule has 1 saturated carbocycles. The average Bonchev–Trinajstić information content (AvgIpc) is 3.13. The third-order valence-corrected chi connectivity index (χ3v) is 7.94. The van der Waals surface area contributed by atoms with E-state index >= 15 is 0 Å². The largest absolute Gasteiger partial charge is 0.497 e. The molecule has 1 aromatic rings. The fourth-order valence-electron chi connectivity index (χ4n) is 6.67. The van der Waals surface area contributed by atoms with Crippen molar-refractivity contribution in [3.8, 4) is 5.75 Å². The van der Waals surface area contributed by atoms with Crippen LogP contribution in [0.3, 0.4) is 0 Å². The standard InChI is InChI=1S/C24H28N2O5/c1-5-15-12-26-9-8-23-18-10-16(29-3)6-7-19(18)25-21(23)20(26)11-17(15)24(23,22(28)30-4)13-31-14(2)27/h5-7,10,17,20H,8-9,11-13H2,1-4H3/t17-,20-,23+,24+/m0/s1. The maximum absolute atomic E-state index is 13.8. The molecule has 4 atom stereocenters. The van der Waals surface area contributed by atoms with Crippen molar-refractivity contribution in [2.75, 3.05) is 33.9 Å². The summed E-state index contributed by atoms with van der Waals surface area (Å²) in [5, 5.41) is 0. The normalized spacial score (nSPS) is 34.1. The van der Waals surface area contributed by atoms with Crippen LogP contribution < -0.4 is 4.74 Å². The molecule has 3 bridgehead atoms. The van der Waals surface area contributed by atoms with Crippen LogP contribution in [-0.4, -0.2) is 62.5 Å². The lowest BCUT2D eigenvalue weighted by Crippen LogP contribution is -2.75. The summed E-state index contributed by atoms with van der Waals surface area (Å²) in [4.78, 5) is 33.3. The quantitative estimate of drug-likeness (QED) is 0.546. The van der Waals surface area contributed by atoms with Gasteiger partial charge < -0.3 is 14.2 Å². The van der Waals surface area contributed by atoms with E-state index in [0.717, 1.165) is 42.2 Å². The zero-order valence-electron chi connectivity index (χ0n) is 18.4. The van der Waals surface area contributed by atoms with Crippen molar-refractivity contribution in [2.45, 2.75) is 38.1 Å². The summed E-state index contributed by atoms with van der Waals surface area (Å²) in [7, 11) is 3.06. The smallest absolute Gasteiger partial charge is 0.317 e. The van der Waals surface area contributed by atoms with Gasteiger partial charge in [0.1, 0.15) is 17.8 Å². The van der Waals surface area contributed by atoms with E-state index in [0.29, 0.717) is 6.42 Å². The number of allylic oxidation sites excluding steroid dienone is 1. The second-order valence-electron chi connectivity index (χ2n) is 8.92. The number of fused-ring (bicyclic) bond motifs is 2. The Balaban J connectivity index is 1.83. The number of hydrogen-bond acceptors (Lipinski definition) is 7. The summed E-state index contributed by atoms with van der Waals surface area (Å²) in [6.07, 6.45) is 3.59. The van der Waals surface area contributed by atoms with Gasteiger partial charge in [-0.2, -0.15) is 0 Å². The molecule has 31 heavy (non-hydrogen) atoms. The Bertz CT molecular complexity index is 1030. The Kier molecular flexibility index (Phi) is 4.52. The van der Waals surface area contributed by atoms with Gasteiger partial charge in [-0.1, -0.05) is 11.6 Å². The molecule has 0 unspecified atom stereocenters. The number of benzene rings is 1. The first-order valence-corrected chi connectivity index (χ1v) is 10.8. The van der Waals surface area contributed by atoms with Crippen LogP contribution in [0.5, 0.6) is 5.75 Å². The third-order valence-electron chi connectivity index (χ3n) is 7.94. The second kappa shape index (κ2) is 6.92. The Morgan fingerprint density at radius 3 is 2.81 bits per heavy atom. The van der Waals surface area contributed by atoms with E-state index in [4.69, 9.17) is 19.2 Å². The number of esters is 2. The summed E-state index contributed by atoms with van der Waals surface area (Å²) in [5.41, 5.74) is 2.27. The third kappa shape index (κ3) is 2.41. The van der Waals surface area contributed by atoms with Gasteiger partial charge in [-0.05, 0) is 43.5 Å². The van der Waals surface area contributed by atoms with E-state index in [1.807, 2.05) is 25.1 Å². The highest BCUT2D eigenvalue weighted by Crippen LogP contribution is 2.66. The highest BCUT2D eigenvalue weighted by Gasteiger charge is 2.74. The molecule has 0 aromatic heterocycles. The lowest BCUT2D eigenvalue weighted by molar-refractivity contribution is -0.176. The maximum Gasteiger partial charge on any atom is 0.317 e. The highest BCUT2D eigenvalue weighted by atomic mass is 16.5. The van der Waals surface area contributed by atoms with E-state index in [1.54, 1.807) is 7.11 Å². The van der Waals surface area contributed by atoms with E-state index in [9.17, 15) is 9.59 Å². The molecule has 1 aliphatic carbocycles. The SMILES string of the molecule is CC=C1CN2CC[C@]34C(=Nc5ccc(OC)cc53)[C@@H]2C[C@@H]1[C@]4(COC(C)=O)C(=O)OC. The zero-order chi connectivity index (χ0) is 22.0. The van der Waals surface area contributed by atoms with Crippen molar-refractivity contribution in [1.82, 2.24) is 4.90 Å². The van der Waals surface area contributed by atoms with Crippen molar-refractivity contribution >= 4 is 23.3 Å². The number of rotatable bonds is 4. The van der Waals surface area contributed by atoms with Crippen LogP contribution in [-0.2, 0) is 24.5 Å². The van der Waals surface area contributed by atoms with Crippen molar-refractivity contribution < 1.29 is 23.8 Å². The van der Waals surface area contributed by atoms with Gasteiger partial charge in [-0.25, -0.2) is 0 Å². The van der Waals surface area contributed by atoms with Crippen molar-refractivity contribution in [2.24, 2.45) is 16.3 Å². The number of piperidine rings is 2. The van der Waals surface area contributed by atoms with Gasteiger partial charge in [-0.15, -0.1) is 0 Å². The Labute approximate surface area is 182 Å². The molecule has 0 radical (unpaired) electrons. The van der Waals surface area contributed by atoms with Crippen LogP contribution in [0.2, 0.25) is 0 Å². The lowest BCUT2D eigenvalue weighted by atomic mass is 9.43. The molecule has 3 aliphatic heterocycles. The second-order valence-corrected chi connectivity index (χ2v) is 8.92. The van der Waals surface area contributed by atoms with E-state index in [2.05, 4.69) is 11.0 Å². The highest BCUT2D eigenvalue weighted by molar-refractivity contribution is 6.11. The summed E-state index contributed by atoms with van der Waals surface area (Å²) in [6.45, 7) is 5.00. The van der Waals surface area contributed by atoms with Gasteiger partial charge in [0.15, 0.2) is 0 Å². The molecule has 7 heteroatoms. The topological polar surface area (TPSA) is 77.4 Å². The van der Waals surface area contributed by atoms with Crippen LogP contribution in [0.1, 0.15) is 32.3 Å². The zero-order valence-corrected chi connectivity index (χ0v) is 18.4. The van der Waals surface area contributed by atoms with Crippen LogP contribution >= 0.6 is 0 Å². The number of methoxy groups -OCH3 is 2. The van der Waals surface area contributed by atoms with Crippen LogP contribution in [0.4, 0.5) is 5.69 Å². The number of carbonyl (C=O) groups excluding carboxylic acids is 2. The number of hydrogen-bond donors (Lipinski definition) is 0. The van der Waals surface area contributed by atoms with Gasteiger partial charge in [0.25, 0.3) is 0 Å². The molecular weight excluding hydrogens is 396 g/mol. The fourth-order valence-corrected chi connectivity index (χ4v) is 6.67. The minimum Gasteiger partial charge on any atom is -0.497 e. The number of aliphatic imine (C=N–C) groups is 1. The monoisotopic (exact) mass is 424 g/mol. The van der Waals surface area contributed by atoms with Crippen LogP contribution in [0.25, 0.3) is 0 Å². The molecule has 2 saturated heterocycles. The van der Waals surface area contributed by atoms with Crippen LogP contribution in [0.15, 0.2) is 34.8 Å². The van der Waals surface area contributed by atoms with Crippen molar-refractivity contribution in [3.63, 3.8) is 0 Å². The summed E-state index contributed by atoms with van der Waals surface area (Å²) >= 11 is 0. The molecule has 3 fully saturated rings. The maximum atomic E-state index is 13.8. The first-order valence-electron chi connectivity index (χ1n) is 10.8. The van der Waals surface area contributed by atoms with Gasteiger partial charge in [-0.3, -0.25) is 19.5 Å². The minimum atomic E-state index is -1.07. The summed E-state index contributed by atoms with van der Waals surface area (Å²) in [6, 6.07) is 6.03. The molecule has 1 aromatic carbocycles. The number of carbonyl (C=O) groups is 2. The van der Waals surface area contributed by atoms with E-state index < -0.39 is 16.8 Å². The first kappa shape index (κ1) is 20.2. The number of nitrogens with zero attached hydrogens (tertiary/aromatic N) is 2. The predicted molar refractivity (Wildman–Crippen MR) is 115 cm³/mol. The Morgan fingerprint density at radius 1 is 1.32 bits per heavy atom. The minimum absolute atomic E-state index is 0.0284. The molecule has 7 nitrogen and oxygen atoms in total. The number of ether oxygens (including phenoxy) is 3. The molecule has 3 heterocycles. The summed E-state index contributed by atoms with van der Waals surface area (Å²) < 4.78 is 16.7. The van der Waals surface area contributed by atoms with Gasteiger partial charge in [0.05, 0.1) is 31.4 Å². The van der Waals surface area contributed by atoms with Gasteiger partial charge in [0, 0.05) is 31.6 Å². The molecule has 0 spiro atoms.